The molecule has 1 aliphatic carbocycles. The van der Waals surface area contributed by atoms with Gasteiger partial charge < -0.3 is 5.32 Å². The number of nitrogens with one attached hydrogen (secondary N) is 2. The number of thiol groups is 1. The Bertz CT molecular complexity index is 281. The Labute approximate surface area is 81.9 Å². The minimum absolute atomic E-state index is 0.0704. The van der Waals surface area contributed by atoms with Gasteiger partial charge in [-0.3, -0.25) is 10.1 Å². The molecule has 2 N–H and O–H groups in total. The molecule has 2 aliphatic rings. The molecule has 4 nitrogen and oxygen atoms in total. The fourth-order valence-electron chi connectivity index (χ4n) is 2.14. The van der Waals surface area contributed by atoms with Crippen molar-refractivity contribution in [3.05, 3.63) is 0 Å². The van der Waals surface area contributed by atoms with E-state index in [9.17, 15) is 9.59 Å². The first-order valence-corrected chi connectivity index (χ1v) is 4.89. The van der Waals surface area contributed by atoms with Crippen molar-refractivity contribution in [1.29, 1.82) is 0 Å². The Morgan fingerprint density at radius 3 is 2.62 bits per heavy atom. The summed E-state index contributed by atoms with van der Waals surface area (Å²) in [6.07, 6.45) is 1.63. The smallest absolute Gasteiger partial charge is 0.322 e. The van der Waals surface area contributed by atoms with Crippen molar-refractivity contribution in [1.82, 2.24) is 10.6 Å². The van der Waals surface area contributed by atoms with E-state index in [2.05, 4.69) is 23.3 Å². The van der Waals surface area contributed by atoms with E-state index < -0.39 is 11.6 Å². The van der Waals surface area contributed by atoms with Crippen molar-refractivity contribution >= 4 is 24.6 Å². The summed E-state index contributed by atoms with van der Waals surface area (Å²) in [7, 11) is 0. The predicted octanol–water partition coefficient (Wildman–Crippen LogP) is 0.293. The second-order valence-electron chi connectivity index (χ2n) is 3.84. The Kier molecular flexibility index (Phi) is 1.80. The van der Waals surface area contributed by atoms with Gasteiger partial charge in [-0.25, -0.2) is 4.79 Å². The molecular weight excluding hydrogens is 188 g/mol. The van der Waals surface area contributed by atoms with E-state index in [0.717, 1.165) is 6.42 Å². The lowest BCUT2D eigenvalue weighted by atomic mass is 9.96. The summed E-state index contributed by atoms with van der Waals surface area (Å²) in [6, 6.07) is -0.391. The van der Waals surface area contributed by atoms with Crippen LogP contribution in [0.2, 0.25) is 0 Å². The zero-order chi connectivity index (χ0) is 9.64. The lowest BCUT2D eigenvalue weighted by molar-refractivity contribution is -0.123. The Hall–Kier alpha value is -0.710. The lowest BCUT2D eigenvalue weighted by Crippen LogP contribution is -2.51. The summed E-state index contributed by atoms with van der Waals surface area (Å²) in [5.74, 6) is 0.148. The molecule has 5 heteroatoms. The number of carbonyl (C=O) groups is 2. The van der Waals surface area contributed by atoms with Gasteiger partial charge in [-0.05, 0) is 18.8 Å². The SMILES string of the molecule is CC1CCC2(NC(=O)NC2=O)C1S. The average molecular weight is 200 g/mol. The van der Waals surface area contributed by atoms with Gasteiger partial charge in [0.05, 0.1) is 0 Å². The third-order valence-corrected chi connectivity index (χ3v) is 3.96. The Balaban J connectivity index is 2.31. The molecule has 0 radical (unpaired) electrons. The van der Waals surface area contributed by atoms with Crippen molar-refractivity contribution in [3.8, 4) is 0 Å². The molecule has 13 heavy (non-hydrogen) atoms. The van der Waals surface area contributed by atoms with Gasteiger partial charge in [0.15, 0.2) is 0 Å². The molecule has 3 unspecified atom stereocenters. The van der Waals surface area contributed by atoms with Crippen LogP contribution < -0.4 is 10.6 Å². The molecule has 2 fully saturated rings. The number of rotatable bonds is 0. The molecule has 1 saturated heterocycles. The van der Waals surface area contributed by atoms with Crippen molar-refractivity contribution < 1.29 is 9.59 Å². The number of hydrogen-bond acceptors (Lipinski definition) is 3. The summed E-state index contributed by atoms with van der Waals surface area (Å²) in [4.78, 5) is 22.5. The Morgan fingerprint density at radius 1 is 1.54 bits per heavy atom. The molecule has 3 atom stereocenters. The fourth-order valence-corrected chi connectivity index (χ4v) is 2.60. The number of urea groups is 1. The molecule has 0 aromatic heterocycles. The highest BCUT2D eigenvalue weighted by Gasteiger charge is 2.55. The van der Waals surface area contributed by atoms with Crippen LogP contribution in [0.15, 0.2) is 0 Å². The monoisotopic (exact) mass is 200 g/mol. The number of imide groups is 1. The second-order valence-corrected chi connectivity index (χ2v) is 4.40. The van der Waals surface area contributed by atoms with Crippen LogP contribution in [0.3, 0.4) is 0 Å². The van der Waals surface area contributed by atoms with Crippen LogP contribution in [0.25, 0.3) is 0 Å². The standard InChI is InChI=1S/C8H12N2O2S/c1-4-2-3-8(5(4)13)6(11)9-7(12)10-8/h4-5,13H,2-3H2,1H3,(H2,9,10,11,12). The molecular formula is C8H12N2O2S. The molecule has 72 valence electrons. The molecule has 1 saturated carbocycles. The first kappa shape index (κ1) is 8.87. The second kappa shape index (κ2) is 2.64. The highest BCUT2D eigenvalue weighted by atomic mass is 32.1. The molecule has 2 rings (SSSR count). The van der Waals surface area contributed by atoms with Crippen molar-refractivity contribution in [3.63, 3.8) is 0 Å². The molecule has 0 bridgehead atoms. The van der Waals surface area contributed by atoms with Gasteiger partial charge in [0, 0.05) is 5.25 Å². The zero-order valence-electron chi connectivity index (χ0n) is 7.33. The van der Waals surface area contributed by atoms with Gasteiger partial charge in [0.2, 0.25) is 0 Å². The third kappa shape index (κ3) is 1.06. The molecule has 0 aromatic rings. The molecule has 3 amide bonds. The zero-order valence-corrected chi connectivity index (χ0v) is 8.23. The van der Waals surface area contributed by atoms with Gasteiger partial charge in [-0.1, -0.05) is 6.92 Å². The number of amides is 3. The van der Waals surface area contributed by atoms with Crippen LogP contribution in [0.1, 0.15) is 19.8 Å². The average Bonchev–Trinajstić information content (AvgIpc) is 2.49. The van der Waals surface area contributed by atoms with Crippen LogP contribution >= 0.6 is 12.6 Å². The number of hydrogen-bond donors (Lipinski definition) is 3. The summed E-state index contributed by atoms with van der Waals surface area (Å²) in [5, 5.41) is 4.88. The van der Waals surface area contributed by atoms with Crippen molar-refractivity contribution in [2.45, 2.75) is 30.6 Å². The lowest BCUT2D eigenvalue weighted by Gasteiger charge is -2.25. The topological polar surface area (TPSA) is 58.2 Å². The highest BCUT2D eigenvalue weighted by Crippen LogP contribution is 2.39. The maximum Gasteiger partial charge on any atom is 0.322 e. The van der Waals surface area contributed by atoms with Crippen LogP contribution in [-0.2, 0) is 4.79 Å². The van der Waals surface area contributed by atoms with E-state index in [1.54, 1.807) is 0 Å². The van der Waals surface area contributed by atoms with Gasteiger partial charge >= 0.3 is 6.03 Å². The van der Waals surface area contributed by atoms with Gasteiger partial charge in [-0.15, -0.1) is 0 Å². The van der Waals surface area contributed by atoms with E-state index in [-0.39, 0.29) is 11.2 Å². The summed E-state index contributed by atoms with van der Waals surface area (Å²) < 4.78 is 0. The molecule has 1 heterocycles. The van der Waals surface area contributed by atoms with Crippen LogP contribution in [-0.4, -0.2) is 22.7 Å². The number of carbonyl (C=O) groups excluding carboxylic acids is 2. The quantitative estimate of drug-likeness (QED) is 0.389. The molecule has 1 aliphatic heterocycles. The van der Waals surface area contributed by atoms with Crippen molar-refractivity contribution in [2.24, 2.45) is 5.92 Å². The van der Waals surface area contributed by atoms with Crippen LogP contribution in [0.5, 0.6) is 0 Å². The summed E-state index contributed by atoms with van der Waals surface area (Å²) in [6.45, 7) is 2.05. The third-order valence-electron chi connectivity index (χ3n) is 3.01. The van der Waals surface area contributed by atoms with E-state index in [0.29, 0.717) is 12.3 Å². The molecule has 0 aromatic carbocycles. The minimum atomic E-state index is -0.736. The van der Waals surface area contributed by atoms with Crippen LogP contribution in [0, 0.1) is 5.92 Å². The summed E-state index contributed by atoms with van der Waals surface area (Å²) >= 11 is 4.39. The maximum atomic E-state index is 11.5. The van der Waals surface area contributed by atoms with Crippen molar-refractivity contribution in [2.75, 3.05) is 0 Å². The van der Waals surface area contributed by atoms with Gasteiger partial charge in [0.25, 0.3) is 5.91 Å². The van der Waals surface area contributed by atoms with E-state index in [1.807, 2.05) is 6.92 Å². The van der Waals surface area contributed by atoms with Crippen LogP contribution in [0.4, 0.5) is 4.79 Å². The predicted molar refractivity (Wildman–Crippen MR) is 50.6 cm³/mol. The first-order valence-electron chi connectivity index (χ1n) is 4.38. The Morgan fingerprint density at radius 2 is 2.23 bits per heavy atom. The molecule has 1 spiro atoms. The first-order chi connectivity index (χ1) is 6.06. The fraction of sp³-hybridized carbons (Fsp3) is 0.750. The highest BCUT2D eigenvalue weighted by molar-refractivity contribution is 7.81. The van der Waals surface area contributed by atoms with E-state index >= 15 is 0 Å². The van der Waals surface area contributed by atoms with E-state index in [1.165, 1.54) is 0 Å². The van der Waals surface area contributed by atoms with E-state index in [4.69, 9.17) is 0 Å². The largest absolute Gasteiger partial charge is 0.322 e. The summed E-state index contributed by atoms with van der Waals surface area (Å²) in [5.41, 5.74) is -0.736. The minimum Gasteiger partial charge on any atom is -0.322 e. The maximum absolute atomic E-state index is 11.5. The van der Waals surface area contributed by atoms with Gasteiger partial charge in [0.1, 0.15) is 5.54 Å². The van der Waals surface area contributed by atoms with Gasteiger partial charge in [-0.2, -0.15) is 12.6 Å². The normalized spacial score (nSPS) is 43.8.